The molecule has 4 aromatic rings. The van der Waals surface area contributed by atoms with Crippen molar-refractivity contribution in [1.29, 1.82) is 0 Å². The third-order valence-corrected chi connectivity index (χ3v) is 68.7. The van der Waals surface area contributed by atoms with Crippen LogP contribution in [-0.4, -0.2) is 5.49 Å². The van der Waals surface area contributed by atoms with Crippen molar-refractivity contribution in [2.75, 3.05) is 0 Å². The molecule has 2 aliphatic carbocycles. The SMILES string of the molecule is CCCCCC[Si](CCCCCC)=[Hf]([CH3])([CH3])([CH]1C=Cc2c(-c3cc(C)cc(C)c3)cccc21)[CH]1C=Cc2c(-c3cc(C)cc(C)c3)cccc21. The van der Waals surface area contributed by atoms with Crippen LogP contribution in [0.1, 0.15) is 117 Å². The van der Waals surface area contributed by atoms with E-state index in [4.69, 9.17) is 0 Å². The maximum atomic E-state index is 2.98. The molecule has 0 saturated carbocycles. The number of unbranched alkanes of at least 4 members (excludes halogenated alkanes) is 6. The number of fused-ring (bicyclic) bond motifs is 2. The third kappa shape index (κ3) is 7.23. The van der Waals surface area contributed by atoms with E-state index in [1.807, 2.05) is 0 Å². The van der Waals surface area contributed by atoms with Crippen molar-refractivity contribution in [3.05, 3.63) is 129 Å². The fourth-order valence-corrected chi connectivity index (χ4v) is 63.6. The molecule has 0 bridgehead atoms. The summed E-state index contributed by atoms with van der Waals surface area (Å²) in [6.45, 7) is 13.7. The van der Waals surface area contributed by atoms with Gasteiger partial charge in [-0.1, -0.05) is 0 Å². The van der Waals surface area contributed by atoms with E-state index in [2.05, 4.69) is 148 Å². The Morgan fingerprint density at radius 2 is 0.920 bits per heavy atom. The Labute approximate surface area is 306 Å². The summed E-state index contributed by atoms with van der Waals surface area (Å²) >= 11 is -3.99. The molecule has 0 spiro atoms. The fraction of sp³-hybridized carbons (Fsp3) is 0.417. The first-order valence-corrected chi connectivity index (χ1v) is 38.5. The molecule has 0 aliphatic heterocycles. The average Bonchev–Trinajstić information content (AvgIpc) is 3.73. The molecule has 0 saturated heterocycles. The standard InChI is InChI=1S/2C17H15.C12H26Si.2CH3.Hf/c2*1-12-9-13(2)11-15(10-12)17-8-4-6-14-5-3-7-16(14)17;1-3-5-7-9-11-13-12-10-8-6-4-2;;;/h2*3-11H,1-2H3;3-12H2,1-2H3;2*1H3;. The van der Waals surface area contributed by atoms with Crippen molar-refractivity contribution in [3.8, 4) is 22.3 Å². The molecule has 0 heterocycles. The molecule has 0 amide bonds. The zero-order chi connectivity index (χ0) is 35.5. The number of benzene rings is 4. The van der Waals surface area contributed by atoms with E-state index in [9.17, 15) is 0 Å². The van der Waals surface area contributed by atoms with Crippen LogP contribution in [0, 0.1) is 27.7 Å². The van der Waals surface area contributed by atoms with Crippen molar-refractivity contribution >= 4 is 17.6 Å². The van der Waals surface area contributed by atoms with Crippen LogP contribution in [0.25, 0.3) is 34.4 Å². The molecule has 0 radical (unpaired) electrons. The molecule has 0 N–H and O–H groups in total. The predicted octanol–water partition coefficient (Wildman–Crippen LogP) is 15.0. The van der Waals surface area contributed by atoms with Crippen LogP contribution < -0.4 is 0 Å². The third-order valence-electron chi connectivity index (χ3n) is 12.6. The molecular formula is C48H62HfSi. The monoisotopic (exact) mass is 846 g/mol. The van der Waals surface area contributed by atoms with Gasteiger partial charge in [0.1, 0.15) is 0 Å². The molecule has 0 aromatic heterocycles. The summed E-state index contributed by atoms with van der Waals surface area (Å²) in [7, 11) is 0. The van der Waals surface area contributed by atoms with Gasteiger partial charge < -0.3 is 0 Å². The fourth-order valence-electron chi connectivity index (χ4n) is 10.1. The van der Waals surface area contributed by atoms with E-state index in [-0.39, 0.29) is 0 Å². The Morgan fingerprint density at radius 3 is 1.30 bits per heavy atom. The minimum absolute atomic E-state index is 0.574. The molecule has 6 rings (SSSR count). The molecule has 0 fully saturated rings. The van der Waals surface area contributed by atoms with Gasteiger partial charge >= 0.3 is 308 Å². The summed E-state index contributed by atoms with van der Waals surface area (Å²) in [5.41, 5.74) is 16.6. The summed E-state index contributed by atoms with van der Waals surface area (Å²) < 4.78 is 7.10. The van der Waals surface area contributed by atoms with Crippen LogP contribution in [0.3, 0.4) is 0 Å². The van der Waals surface area contributed by atoms with Crippen molar-refractivity contribution in [2.24, 2.45) is 0 Å². The number of rotatable bonds is 14. The first-order chi connectivity index (χ1) is 24.0. The first-order valence-electron chi connectivity index (χ1n) is 19.9. The van der Waals surface area contributed by atoms with Crippen LogP contribution in [0.2, 0.25) is 21.4 Å². The molecule has 50 heavy (non-hydrogen) atoms. The molecule has 4 aromatic carbocycles. The van der Waals surface area contributed by atoms with E-state index in [1.165, 1.54) is 119 Å². The Kier molecular flexibility index (Phi) is 11.6. The number of hydrogen-bond acceptors (Lipinski definition) is 0. The van der Waals surface area contributed by atoms with Crippen LogP contribution >= 0.6 is 0 Å². The average molecular weight is 846 g/mol. The number of allylic oxidation sites excluding steroid dienone is 2. The Morgan fingerprint density at radius 1 is 0.520 bits per heavy atom. The second kappa shape index (κ2) is 15.6. The van der Waals surface area contributed by atoms with Gasteiger partial charge in [0.05, 0.1) is 0 Å². The zero-order valence-corrected chi connectivity index (χ0v) is 37.1. The van der Waals surface area contributed by atoms with Crippen molar-refractivity contribution in [1.82, 2.24) is 0 Å². The number of hydrogen-bond donors (Lipinski definition) is 0. The van der Waals surface area contributed by atoms with E-state index in [0.29, 0.717) is 7.35 Å². The van der Waals surface area contributed by atoms with Gasteiger partial charge in [0, 0.05) is 0 Å². The van der Waals surface area contributed by atoms with Crippen molar-refractivity contribution in [2.45, 2.75) is 122 Å². The number of aryl methyl sites for hydroxylation is 4. The Balaban J connectivity index is 1.57. The van der Waals surface area contributed by atoms with Gasteiger partial charge in [-0.05, 0) is 0 Å². The van der Waals surface area contributed by atoms with E-state index in [1.54, 1.807) is 11.1 Å². The molecule has 2 unspecified atom stereocenters. The second-order valence-electron chi connectivity index (χ2n) is 16.9. The van der Waals surface area contributed by atoms with E-state index < -0.39 is 22.6 Å². The van der Waals surface area contributed by atoms with Crippen molar-refractivity contribution in [3.63, 3.8) is 0 Å². The summed E-state index contributed by atoms with van der Waals surface area (Å²) in [5, 5.41) is 0. The normalized spacial score (nSPS) is 16.6. The zero-order valence-electron chi connectivity index (χ0n) is 32.5. The molecular weight excluding hydrogens is 783 g/mol. The van der Waals surface area contributed by atoms with Gasteiger partial charge in [-0.3, -0.25) is 0 Å². The van der Waals surface area contributed by atoms with Gasteiger partial charge in [-0.25, -0.2) is 0 Å². The second-order valence-corrected chi connectivity index (χ2v) is 62.8. The van der Waals surface area contributed by atoms with Gasteiger partial charge in [0.15, 0.2) is 0 Å². The predicted molar refractivity (Wildman–Crippen MR) is 222 cm³/mol. The Hall–Kier alpha value is -2.55. The van der Waals surface area contributed by atoms with Crippen LogP contribution in [-0.2, 0) is 17.1 Å². The van der Waals surface area contributed by atoms with Crippen LogP contribution in [0.4, 0.5) is 0 Å². The minimum atomic E-state index is -3.99. The molecule has 2 aliphatic rings. The van der Waals surface area contributed by atoms with Gasteiger partial charge in [-0.2, -0.15) is 0 Å². The van der Waals surface area contributed by atoms with Crippen molar-refractivity contribution < 1.29 is 17.1 Å². The maximum absolute atomic E-state index is 3.99. The van der Waals surface area contributed by atoms with Crippen LogP contribution in [0.5, 0.6) is 0 Å². The summed E-state index contributed by atoms with van der Waals surface area (Å²) in [6.07, 6.45) is 21.6. The van der Waals surface area contributed by atoms with Gasteiger partial charge in [0.25, 0.3) is 0 Å². The summed E-state index contributed by atoms with van der Waals surface area (Å²) in [4.78, 5) is 0. The first kappa shape index (κ1) is 37.2. The van der Waals surface area contributed by atoms with Gasteiger partial charge in [0.2, 0.25) is 0 Å². The molecule has 2 atom stereocenters. The topological polar surface area (TPSA) is 0 Å². The quantitative estimate of drug-likeness (QED) is 0.0876. The summed E-state index contributed by atoms with van der Waals surface area (Å²) in [5.74, 6) is 0. The van der Waals surface area contributed by atoms with E-state index >= 15 is 0 Å². The molecule has 262 valence electrons. The molecule has 2 heteroatoms. The Bertz CT molecular complexity index is 1820. The van der Waals surface area contributed by atoms with E-state index in [0.717, 1.165) is 0 Å². The molecule has 0 nitrogen and oxygen atoms in total. The van der Waals surface area contributed by atoms with Crippen LogP contribution in [0.15, 0.2) is 84.9 Å². The van der Waals surface area contributed by atoms with Gasteiger partial charge in [-0.15, -0.1) is 0 Å². The summed E-state index contributed by atoms with van der Waals surface area (Å²) in [6, 6.07) is 31.8.